The summed E-state index contributed by atoms with van der Waals surface area (Å²) in [5.74, 6) is 0. The van der Waals surface area contributed by atoms with Gasteiger partial charge in [0.2, 0.25) is 0 Å². The Labute approximate surface area is 114 Å². The molecule has 0 radical (unpaired) electrons. The zero-order chi connectivity index (χ0) is 14.0. The van der Waals surface area contributed by atoms with Crippen LogP contribution in [0.2, 0.25) is 0 Å². The number of hydrogen-bond donors (Lipinski definition) is 2. The van der Waals surface area contributed by atoms with Crippen molar-refractivity contribution >= 4 is 20.7 Å². The Morgan fingerprint density at radius 1 is 1.32 bits per heavy atom. The van der Waals surface area contributed by atoms with Gasteiger partial charge in [-0.3, -0.25) is 0 Å². The van der Waals surface area contributed by atoms with E-state index in [9.17, 15) is 8.42 Å². The lowest BCUT2D eigenvalue weighted by Crippen LogP contribution is -2.08. The highest BCUT2D eigenvalue weighted by Gasteiger charge is 2.12. The van der Waals surface area contributed by atoms with Crippen molar-refractivity contribution < 1.29 is 8.42 Å². The number of fused-ring (bicyclic) bond motifs is 1. The summed E-state index contributed by atoms with van der Waals surface area (Å²) < 4.78 is 23.3. The monoisotopic (exact) mass is 280 g/mol. The summed E-state index contributed by atoms with van der Waals surface area (Å²) in [6.45, 7) is 2.99. The molecule has 104 valence electrons. The molecular formula is C14H20N2O2S. The lowest BCUT2D eigenvalue weighted by atomic mass is 10.1. The molecule has 0 fully saturated rings. The van der Waals surface area contributed by atoms with Crippen molar-refractivity contribution in [2.24, 2.45) is 0 Å². The van der Waals surface area contributed by atoms with E-state index in [2.05, 4.69) is 10.3 Å². The summed E-state index contributed by atoms with van der Waals surface area (Å²) in [5, 5.41) is 4.15. The number of aromatic amines is 1. The third kappa shape index (κ3) is 2.98. The molecule has 0 aliphatic carbocycles. The molecule has 0 bridgehead atoms. The van der Waals surface area contributed by atoms with Crippen molar-refractivity contribution in [2.75, 3.05) is 19.8 Å². The van der Waals surface area contributed by atoms with Gasteiger partial charge in [-0.2, -0.15) is 0 Å². The molecule has 1 heterocycles. The number of hydrogen-bond acceptors (Lipinski definition) is 3. The first-order valence-electron chi connectivity index (χ1n) is 6.39. The normalized spacial score (nSPS) is 12.2. The number of benzene rings is 1. The van der Waals surface area contributed by atoms with Crippen molar-refractivity contribution in [1.82, 2.24) is 10.3 Å². The van der Waals surface area contributed by atoms with Crippen LogP contribution in [-0.2, 0) is 16.3 Å². The van der Waals surface area contributed by atoms with Crippen LogP contribution in [0.15, 0.2) is 23.1 Å². The topological polar surface area (TPSA) is 62.0 Å². The Hall–Kier alpha value is -1.33. The molecule has 2 N–H and O–H groups in total. The Balaban J connectivity index is 2.47. The summed E-state index contributed by atoms with van der Waals surface area (Å²) in [6, 6.07) is 5.29. The van der Waals surface area contributed by atoms with Crippen LogP contribution >= 0.6 is 0 Å². The van der Waals surface area contributed by atoms with Gasteiger partial charge in [0.1, 0.15) is 0 Å². The SMILES string of the molecule is CNCCCc1c(C)[nH]c2ccc(S(C)(=O)=O)cc12. The third-order valence-corrected chi connectivity index (χ3v) is 4.48. The first kappa shape index (κ1) is 14.1. The molecule has 0 aliphatic rings. The van der Waals surface area contributed by atoms with E-state index in [0.717, 1.165) is 36.0 Å². The van der Waals surface area contributed by atoms with E-state index in [1.54, 1.807) is 12.1 Å². The van der Waals surface area contributed by atoms with Crippen LogP contribution in [0.25, 0.3) is 10.9 Å². The van der Waals surface area contributed by atoms with Crippen molar-refractivity contribution in [3.8, 4) is 0 Å². The predicted octanol–water partition coefficient (Wildman–Crippen LogP) is 2.03. The van der Waals surface area contributed by atoms with Crippen molar-refractivity contribution in [3.05, 3.63) is 29.5 Å². The predicted molar refractivity (Wildman–Crippen MR) is 78.4 cm³/mol. The molecule has 0 unspecified atom stereocenters. The number of nitrogens with one attached hydrogen (secondary N) is 2. The summed E-state index contributed by atoms with van der Waals surface area (Å²) in [7, 11) is -1.22. The molecule has 5 heteroatoms. The zero-order valence-corrected chi connectivity index (χ0v) is 12.4. The number of H-pyrrole nitrogens is 1. The van der Waals surface area contributed by atoms with Gasteiger partial charge in [0.25, 0.3) is 0 Å². The fourth-order valence-electron chi connectivity index (χ4n) is 2.36. The van der Waals surface area contributed by atoms with Gasteiger partial charge < -0.3 is 10.3 Å². The Morgan fingerprint density at radius 2 is 2.05 bits per heavy atom. The minimum Gasteiger partial charge on any atom is -0.358 e. The Bertz CT molecular complexity index is 687. The molecule has 2 rings (SSSR count). The maximum absolute atomic E-state index is 11.6. The van der Waals surface area contributed by atoms with Crippen molar-refractivity contribution in [3.63, 3.8) is 0 Å². The Morgan fingerprint density at radius 3 is 2.68 bits per heavy atom. The van der Waals surface area contributed by atoms with Gasteiger partial charge in [0.15, 0.2) is 9.84 Å². The van der Waals surface area contributed by atoms with Gasteiger partial charge in [0.05, 0.1) is 4.90 Å². The van der Waals surface area contributed by atoms with E-state index in [-0.39, 0.29) is 0 Å². The molecule has 0 saturated carbocycles. The smallest absolute Gasteiger partial charge is 0.175 e. The van der Waals surface area contributed by atoms with Crippen LogP contribution in [0.5, 0.6) is 0 Å². The standard InChI is InChI=1S/C14H20N2O2S/c1-10-12(5-4-8-15-2)13-9-11(19(3,17)18)6-7-14(13)16-10/h6-7,9,15-16H,4-5,8H2,1-3H3. The minimum atomic E-state index is -3.15. The number of sulfone groups is 1. The molecule has 0 spiro atoms. The maximum atomic E-state index is 11.6. The molecule has 0 amide bonds. The minimum absolute atomic E-state index is 0.383. The summed E-state index contributed by atoms with van der Waals surface area (Å²) in [5.41, 5.74) is 3.34. The average molecular weight is 280 g/mol. The lowest BCUT2D eigenvalue weighted by molar-refractivity contribution is 0.602. The fourth-order valence-corrected chi connectivity index (χ4v) is 3.00. The molecule has 0 saturated heterocycles. The van der Waals surface area contributed by atoms with E-state index in [0.29, 0.717) is 4.90 Å². The summed E-state index contributed by atoms with van der Waals surface area (Å²) in [4.78, 5) is 3.70. The van der Waals surface area contributed by atoms with Gasteiger partial charge in [-0.15, -0.1) is 0 Å². The first-order valence-corrected chi connectivity index (χ1v) is 8.28. The average Bonchev–Trinajstić information content (AvgIpc) is 2.64. The number of aryl methyl sites for hydroxylation is 2. The largest absolute Gasteiger partial charge is 0.358 e. The highest BCUT2D eigenvalue weighted by Crippen LogP contribution is 2.26. The van der Waals surface area contributed by atoms with Crippen LogP contribution in [0.1, 0.15) is 17.7 Å². The van der Waals surface area contributed by atoms with Gasteiger partial charge >= 0.3 is 0 Å². The first-order chi connectivity index (χ1) is 8.93. The van der Waals surface area contributed by atoms with Crippen LogP contribution in [0.4, 0.5) is 0 Å². The Kier molecular flexibility index (Phi) is 3.96. The molecule has 1 aromatic heterocycles. The molecule has 0 aliphatic heterocycles. The molecule has 1 aromatic carbocycles. The van der Waals surface area contributed by atoms with Gasteiger partial charge in [-0.25, -0.2) is 8.42 Å². The van der Waals surface area contributed by atoms with Gasteiger partial charge in [0, 0.05) is 22.9 Å². The molecular weight excluding hydrogens is 260 g/mol. The third-order valence-electron chi connectivity index (χ3n) is 3.37. The molecule has 2 aromatic rings. The van der Waals surface area contributed by atoms with E-state index < -0.39 is 9.84 Å². The number of rotatable bonds is 5. The molecule has 19 heavy (non-hydrogen) atoms. The second-order valence-electron chi connectivity index (χ2n) is 4.92. The van der Waals surface area contributed by atoms with Crippen LogP contribution in [0, 0.1) is 6.92 Å². The second kappa shape index (κ2) is 5.35. The van der Waals surface area contributed by atoms with E-state index in [1.165, 1.54) is 11.8 Å². The van der Waals surface area contributed by atoms with Crippen molar-refractivity contribution in [1.29, 1.82) is 0 Å². The highest BCUT2D eigenvalue weighted by molar-refractivity contribution is 7.90. The van der Waals surface area contributed by atoms with E-state index in [4.69, 9.17) is 0 Å². The quantitative estimate of drug-likeness (QED) is 0.824. The van der Waals surface area contributed by atoms with Crippen LogP contribution in [0.3, 0.4) is 0 Å². The molecule has 0 atom stereocenters. The van der Waals surface area contributed by atoms with Crippen molar-refractivity contribution in [2.45, 2.75) is 24.7 Å². The fraction of sp³-hybridized carbons (Fsp3) is 0.429. The van der Waals surface area contributed by atoms with E-state index >= 15 is 0 Å². The van der Waals surface area contributed by atoms with Crippen LogP contribution < -0.4 is 5.32 Å². The zero-order valence-electron chi connectivity index (χ0n) is 11.6. The summed E-state index contributed by atoms with van der Waals surface area (Å²) >= 11 is 0. The highest BCUT2D eigenvalue weighted by atomic mass is 32.2. The van der Waals surface area contributed by atoms with E-state index in [1.807, 2.05) is 20.0 Å². The number of aromatic nitrogens is 1. The second-order valence-corrected chi connectivity index (χ2v) is 6.93. The lowest BCUT2D eigenvalue weighted by Gasteiger charge is -2.03. The van der Waals surface area contributed by atoms with Gasteiger partial charge in [-0.1, -0.05) is 0 Å². The van der Waals surface area contributed by atoms with Gasteiger partial charge in [-0.05, 0) is 57.1 Å². The van der Waals surface area contributed by atoms with Crippen LogP contribution in [-0.4, -0.2) is 33.2 Å². The summed E-state index contributed by atoms with van der Waals surface area (Å²) in [6.07, 6.45) is 3.22. The maximum Gasteiger partial charge on any atom is 0.175 e. The molecule has 4 nitrogen and oxygen atoms in total.